The topological polar surface area (TPSA) is 45.7 Å². The van der Waals surface area contributed by atoms with Gasteiger partial charge in [-0.1, -0.05) is 18.2 Å². The number of amides is 1. The van der Waals surface area contributed by atoms with E-state index in [0.29, 0.717) is 11.3 Å². The van der Waals surface area contributed by atoms with E-state index in [1.165, 1.54) is 12.1 Å². The number of ether oxygens (including phenoxy) is 1. The van der Waals surface area contributed by atoms with Crippen LogP contribution in [0.25, 0.3) is 0 Å². The van der Waals surface area contributed by atoms with E-state index in [0.717, 1.165) is 36.3 Å². The van der Waals surface area contributed by atoms with Crippen molar-refractivity contribution in [2.75, 3.05) is 25.5 Å². The van der Waals surface area contributed by atoms with E-state index in [1.54, 1.807) is 18.3 Å². The van der Waals surface area contributed by atoms with E-state index >= 15 is 0 Å². The van der Waals surface area contributed by atoms with Gasteiger partial charge in [0.1, 0.15) is 24.0 Å². The molecule has 5 nitrogen and oxygen atoms in total. The van der Waals surface area contributed by atoms with Gasteiger partial charge in [0.05, 0.1) is 6.04 Å². The zero-order valence-electron chi connectivity index (χ0n) is 17.8. The molecule has 6 heteroatoms. The number of halogens is 1. The molecule has 0 aliphatic carbocycles. The SMILES string of the molecule is CN(C)c1cc(C2CCCN2C(=O)c2cccc(OCc3cccc(F)c3)c2)ccn1. The van der Waals surface area contributed by atoms with Crippen LogP contribution in [0.2, 0.25) is 0 Å². The second kappa shape index (κ2) is 9.16. The lowest BCUT2D eigenvalue weighted by Gasteiger charge is -2.26. The summed E-state index contributed by atoms with van der Waals surface area (Å²) in [4.78, 5) is 21.6. The number of carbonyl (C=O) groups is 1. The van der Waals surface area contributed by atoms with E-state index in [2.05, 4.69) is 11.1 Å². The molecule has 0 spiro atoms. The summed E-state index contributed by atoms with van der Waals surface area (Å²) in [7, 11) is 3.91. The third-order valence-electron chi connectivity index (χ3n) is 5.50. The van der Waals surface area contributed by atoms with Crippen LogP contribution in [0, 0.1) is 5.82 Å². The number of likely N-dealkylation sites (tertiary alicyclic amines) is 1. The summed E-state index contributed by atoms with van der Waals surface area (Å²) in [5.41, 5.74) is 2.43. The van der Waals surface area contributed by atoms with Crippen LogP contribution < -0.4 is 9.64 Å². The fourth-order valence-electron chi connectivity index (χ4n) is 3.92. The molecule has 0 radical (unpaired) electrons. The highest BCUT2D eigenvalue weighted by Gasteiger charge is 2.31. The van der Waals surface area contributed by atoms with E-state index in [-0.39, 0.29) is 24.4 Å². The molecular formula is C25H26FN3O2. The molecule has 4 rings (SSSR count). The van der Waals surface area contributed by atoms with Crippen LogP contribution in [0.15, 0.2) is 66.9 Å². The van der Waals surface area contributed by atoms with Crippen molar-refractivity contribution in [3.63, 3.8) is 0 Å². The minimum Gasteiger partial charge on any atom is -0.489 e. The first kappa shape index (κ1) is 20.8. The van der Waals surface area contributed by atoms with Crippen molar-refractivity contribution in [3.8, 4) is 5.75 Å². The van der Waals surface area contributed by atoms with Crippen LogP contribution in [0.1, 0.15) is 40.4 Å². The van der Waals surface area contributed by atoms with Crippen molar-refractivity contribution in [2.45, 2.75) is 25.5 Å². The van der Waals surface area contributed by atoms with Crippen molar-refractivity contribution in [1.82, 2.24) is 9.88 Å². The summed E-state index contributed by atoms with van der Waals surface area (Å²) in [6.07, 6.45) is 3.69. The molecule has 31 heavy (non-hydrogen) atoms. The lowest BCUT2D eigenvalue weighted by molar-refractivity contribution is 0.0735. The Bertz CT molecular complexity index is 1070. The van der Waals surface area contributed by atoms with Gasteiger partial charge in [0.2, 0.25) is 0 Å². The molecule has 2 aromatic carbocycles. The summed E-state index contributed by atoms with van der Waals surface area (Å²) in [6.45, 7) is 0.962. The summed E-state index contributed by atoms with van der Waals surface area (Å²) in [5, 5.41) is 0. The van der Waals surface area contributed by atoms with Crippen LogP contribution in [-0.2, 0) is 6.61 Å². The number of anilines is 1. The van der Waals surface area contributed by atoms with Gasteiger partial charge in [-0.25, -0.2) is 9.37 Å². The Morgan fingerprint density at radius 3 is 2.81 bits per heavy atom. The highest BCUT2D eigenvalue weighted by atomic mass is 19.1. The number of hydrogen-bond acceptors (Lipinski definition) is 4. The standard InChI is InChI=1S/C25H26FN3O2/c1-28(2)24-16-19(11-12-27-24)23-10-5-13-29(23)25(30)20-7-4-9-22(15-20)31-17-18-6-3-8-21(26)14-18/h3-4,6-9,11-12,14-16,23H,5,10,13,17H2,1-2H3. The highest BCUT2D eigenvalue weighted by molar-refractivity contribution is 5.95. The Morgan fingerprint density at radius 1 is 1.16 bits per heavy atom. The number of nitrogens with zero attached hydrogens (tertiary/aromatic N) is 3. The van der Waals surface area contributed by atoms with Crippen molar-refractivity contribution >= 4 is 11.7 Å². The smallest absolute Gasteiger partial charge is 0.254 e. The predicted octanol–water partition coefficient (Wildman–Crippen LogP) is 4.84. The molecule has 1 saturated heterocycles. The number of rotatable bonds is 6. The van der Waals surface area contributed by atoms with Crippen molar-refractivity contribution in [3.05, 3.63) is 89.4 Å². The molecule has 1 amide bonds. The average molecular weight is 420 g/mol. The van der Waals surface area contributed by atoms with Gasteiger partial charge < -0.3 is 14.5 Å². The van der Waals surface area contributed by atoms with E-state index in [9.17, 15) is 9.18 Å². The lowest BCUT2D eigenvalue weighted by Crippen LogP contribution is -2.30. The lowest BCUT2D eigenvalue weighted by atomic mass is 10.0. The Labute approximate surface area is 182 Å². The van der Waals surface area contributed by atoms with Crippen molar-refractivity contribution in [1.29, 1.82) is 0 Å². The molecule has 1 aromatic heterocycles. The molecule has 1 atom stereocenters. The number of pyridine rings is 1. The Balaban J connectivity index is 1.49. The van der Waals surface area contributed by atoms with Crippen LogP contribution in [0.5, 0.6) is 5.75 Å². The number of carbonyl (C=O) groups excluding carboxylic acids is 1. The van der Waals surface area contributed by atoms with E-state index in [1.807, 2.05) is 54.2 Å². The van der Waals surface area contributed by atoms with Crippen molar-refractivity contribution < 1.29 is 13.9 Å². The van der Waals surface area contributed by atoms with Gasteiger partial charge in [-0.15, -0.1) is 0 Å². The normalized spacial score (nSPS) is 15.7. The second-order valence-electron chi connectivity index (χ2n) is 7.94. The monoisotopic (exact) mass is 419 g/mol. The molecule has 1 aliphatic rings. The van der Waals surface area contributed by atoms with Gasteiger partial charge in [-0.3, -0.25) is 4.79 Å². The number of aromatic nitrogens is 1. The maximum absolute atomic E-state index is 13.4. The third kappa shape index (κ3) is 4.85. The van der Waals surface area contributed by atoms with Gasteiger partial charge >= 0.3 is 0 Å². The van der Waals surface area contributed by atoms with E-state index < -0.39 is 0 Å². The zero-order chi connectivity index (χ0) is 21.8. The fourth-order valence-corrected chi connectivity index (χ4v) is 3.92. The minimum absolute atomic E-state index is 0.0121. The van der Waals surface area contributed by atoms with Gasteiger partial charge in [0, 0.05) is 32.4 Å². The first-order valence-corrected chi connectivity index (χ1v) is 10.4. The zero-order valence-corrected chi connectivity index (χ0v) is 17.8. The Hall–Kier alpha value is -3.41. The van der Waals surface area contributed by atoms with E-state index in [4.69, 9.17) is 4.74 Å². The third-order valence-corrected chi connectivity index (χ3v) is 5.50. The van der Waals surface area contributed by atoms with Crippen LogP contribution in [0.3, 0.4) is 0 Å². The summed E-state index contributed by atoms with van der Waals surface area (Å²) < 4.78 is 19.2. The van der Waals surface area contributed by atoms with Gasteiger partial charge in [0.15, 0.2) is 0 Å². The molecule has 0 N–H and O–H groups in total. The summed E-state index contributed by atoms with van der Waals surface area (Å²) in [5.74, 6) is 1.16. The first-order valence-electron chi connectivity index (χ1n) is 10.4. The molecule has 1 unspecified atom stereocenters. The Kier molecular flexibility index (Phi) is 6.16. The first-order chi connectivity index (χ1) is 15.0. The maximum Gasteiger partial charge on any atom is 0.254 e. The molecule has 1 fully saturated rings. The van der Waals surface area contributed by atoms with Crippen LogP contribution >= 0.6 is 0 Å². The van der Waals surface area contributed by atoms with Crippen LogP contribution in [0.4, 0.5) is 10.2 Å². The quantitative estimate of drug-likeness (QED) is 0.573. The molecule has 0 bridgehead atoms. The van der Waals surface area contributed by atoms with Crippen molar-refractivity contribution in [2.24, 2.45) is 0 Å². The highest BCUT2D eigenvalue weighted by Crippen LogP contribution is 2.34. The largest absolute Gasteiger partial charge is 0.489 e. The average Bonchev–Trinajstić information content (AvgIpc) is 3.27. The summed E-state index contributed by atoms with van der Waals surface area (Å²) in [6, 6.07) is 17.6. The number of hydrogen-bond donors (Lipinski definition) is 0. The maximum atomic E-state index is 13.4. The minimum atomic E-state index is -0.293. The molecule has 160 valence electrons. The molecular weight excluding hydrogens is 393 g/mol. The van der Waals surface area contributed by atoms with Gasteiger partial charge in [-0.2, -0.15) is 0 Å². The Morgan fingerprint density at radius 2 is 2.00 bits per heavy atom. The number of benzene rings is 2. The predicted molar refractivity (Wildman–Crippen MR) is 119 cm³/mol. The van der Waals surface area contributed by atoms with Crippen LogP contribution in [-0.4, -0.2) is 36.4 Å². The fraction of sp³-hybridized carbons (Fsp3) is 0.280. The molecule has 2 heterocycles. The van der Waals surface area contributed by atoms with Gasteiger partial charge in [-0.05, 0) is 66.4 Å². The summed E-state index contributed by atoms with van der Waals surface area (Å²) >= 11 is 0. The molecule has 3 aromatic rings. The van der Waals surface area contributed by atoms with Gasteiger partial charge in [0.25, 0.3) is 5.91 Å². The molecule has 0 saturated carbocycles. The second-order valence-corrected chi connectivity index (χ2v) is 7.94. The molecule has 1 aliphatic heterocycles.